The first-order chi connectivity index (χ1) is 12.1. The van der Waals surface area contributed by atoms with Gasteiger partial charge in [0.2, 0.25) is 5.91 Å². The summed E-state index contributed by atoms with van der Waals surface area (Å²) in [4.78, 5) is 25.8. The van der Waals surface area contributed by atoms with Crippen molar-refractivity contribution in [2.24, 2.45) is 0 Å². The molecule has 2 rings (SSSR count). The van der Waals surface area contributed by atoms with Crippen molar-refractivity contribution in [2.45, 2.75) is 25.7 Å². The van der Waals surface area contributed by atoms with Crippen LogP contribution in [0.15, 0.2) is 24.3 Å². The Morgan fingerprint density at radius 2 is 1.96 bits per heavy atom. The van der Waals surface area contributed by atoms with Gasteiger partial charge in [0.05, 0.1) is 19.2 Å². The number of carbonyl (C=O) groups excluding carboxylic acids is 2. The lowest BCUT2D eigenvalue weighted by atomic mass is 10.2. The van der Waals surface area contributed by atoms with Crippen molar-refractivity contribution in [3.63, 3.8) is 0 Å². The first-order valence-electron chi connectivity index (χ1n) is 8.20. The van der Waals surface area contributed by atoms with Gasteiger partial charge in [0.15, 0.2) is 6.29 Å². The summed E-state index contributed by atoms with van der Waals surface area (Å²) < 4.78 is 15.4. The van der Waals surface area contributed by atoms with Gasteiger partial charge >= 0.3 is 6.03 Å². The van der Waals surface area contributed by atoms with Crippen molar-refractivity contribution in [1.82, 2.24) is 10.6 Å². The quantitative estimate of drug-likeness (QED) is 0.685. The highest BCUT2D eigenvalue weighted by Crippen LogP contribution is 2.24. The zero-order valence-corrected chi connectivity index (χ0v) is 14.8. The molecule has 25 heavy (non-hydrogen) atoms. The predicted octanol–water partition coefficient (Wildman–Crippen LogP) is 1.11. The molecule has 0 unspecified atom stereocenters. The Morgan fingerprint density at radius 1 is 1.28 bits per heavy atom. The Labute approximate surface area is 147 Å². The summed E-state index contributed by atoms with van der Waals surface area (Å²) in [5.41, 5.74) is 0.789. The summed E-state index contributed by atoms with van der Waals surface area (Å²) in [5.74, 6) is 0.735. The summed E-state index contributed by atoms with van der Waals surface area (Å²) in [6, 6.07) is 6.73. The van der Waals surface area contributed by atoms with Gasteiger partial charge in [0, 0.05) is 32.9 Å². The molecule has 138 valence electrons. The number of hydrogen-bond acceptors (Lipinski definition) is 5. The van der Waals surface area contributed by atoms with Crippen LogP contribution in [0.4, 0.5) is 10.5 Å². The molecule has 1 aromatic carbocycles. The molecule has 1 aliphatic rings. The van der Waals surface area contributed by atoms with Crippen LogP contribution in [0.3, 0.4) is 0 Å². The molecule has 1 aliphatic heterocycles. The van der Waals surface area contributed by atoms with Crippen molar-refractivity contribution in [2.75, 3.05) is 38.8 Å². The maximum Gasteiger partial charge on any atom is 0.315 e. The lowest BCUT2D eigenvalue weighted by Gasteiger charge is -2.18. The summed E-state index contributed by atoms with van der Waals surface area (Å²) in [7, 11) is 3.00. The number of urea groups is 1. The van der Waals surface area contributed by atoms with Crippen molar-refractivity contribution < 1.29 is 23.8 Å². The number of hydrogen-bond donors (Lipinski definition) is 2. The van der Waals surface area contributed by atoms with E-state index in [1.54, 1.807) is 4.90 Å². The third-order valence-corrected chi connectivity index (χ3v) is 3.87. The SMILES string of the molecule is CCOc1ccc(N2C[C@H](NC(=O)NCC(OC)OC)CC2=O)cc1. The Bertz CT molecular complexity index is 574. The summed E-state index contributed by atoms with van der Waals surface area (Å²) in [6.45, 7) is 3.16. The zero-order valence-electron chi connectivity index (χ0n) is 14.8. The van der Waals surface area contributed by atoms with Gasteiger partial charge in [-0.05, 0) is 31.2 Å². The van der Waals surface area contributed by atoms with Gasteiger partial charge in [0.1, 0.15) is 5.75 Å². The minimum absolute atomic E-state index is 0.0267. The lowest BCUT2D eigenvalue weighted by molar-refractivity contribution is -0.117. The van der Waals surface area contributed by atoms with E-state index in [2.05, 4.69) is 10.6 Å². The molecular weight excluding hydrogens is 326 g/mol. The van der Waals surface area contributed by atoms with E-state index in [0.29, 0.717) is 13.2 Å². The van der Waals surface area contributed by atoms with E-state index in [9.17, 15) is 9.59 Å². The first kappa shape index (κ1) is 19.0. The van der Waals surface area contributed by atoms with Crippen molar-refractivity contribution >= 4 is 17.6 Å². The minimum Gasteiger partial charge on any atom is -0.494 e. The molecule has 8 nitrogen and oxygen atoms in total. The molecule has 0 spiro atoms. The summed E-state index contributed by atoms with van der Waals surface area (Å²) in [5, 5.41) is 5.45. The topological polar surface area (TPSA) is 89.1 Å². The second kappa shape index (κ2) is 9.24. The fourth-order valence-corrected chi connectivity index (χ4v) is 2.62. The molecule has 0 bridgehead atoms. The lowest BCUT2D eigenvalue weighted by Crippen LogP contribution is -2.46. The van der Waals surface area contributed by atoms with Crippen LogP contribution in [0.5, 0.6) is 5.75 Å². The van der Waals surface area contributed by atoms with Crippen LogP contribution in [-0.2, 0) is 14.3 Å². The second-order valence-corrected chi connectivity index (χ2v) is 5.59. The summed E-state index contributed by atoms with van der Waals surface area (Å²) >= 11 is 0. The number of benzene rings is 1. The largest absolute Gasteiger partial charge is 0.494 e. The normalized spacial score (nSPS) is 17.0. The van der Waals surface area contributed by atoms with Crippen LogP contribution < -0.4 is 20.3 Å². The molecule has 1 fully saturated rings. The van der Waals surface area contributed by atoms with E-state index in [4.69, 9.17) is 14.2 Å². The van der Waals surface area contributed by atoms with Crippen LogP contribution in [-0.4, -0.2) is 58.2 Å². The Kier molecular flexibility index (Phi) is 7.03. The van der Waals surface area contributed by atoms with Gasteiger partial charge in [-0.2, -0.15) is 0 Å². The van der Waals surface area contributed by atoms with Crippen LogP contribution in [0.2, 0.25) is 0 Å². The van der Waals surface area contributed by atoms with Crippen LogP contribution in [0.25, 0.3) is 0 Å². The highest BCUT2D eigenvalue weighted by Gasteiger charge is 2.31. The highest BCUT2D eigenvalue weighted by molar-refractivity contribution is 5.96. The molecule has 0 aliphatic carbocycles. The number of nitrogens with one attached hydrogen (secondary N) is 2. The molecule has 0 aromatic heterocycles. The third-order valence-electron chi connectivity index (χ3n) is 3.87. The monoisotopic (exact) mass is 351 g/mol. The molecule has 1 heterocycles. The van der Waals surface area contributed by atoms with Crippen molar-refractivity contribution in [3.05, 3.63) is 24.3 Å². The molecule has 0 radical (unpaired) electrons. The van der Waals surface area contributed by atoms with Crippen LogP contribution in [0, 0.1) is 0 Å². The molecule has 1 saturated heterocycles. The standard InChI is InChI=1S/C17H25N3O5/c1-4-25-14-7-5-13(6-8-14)20-11-12(9-15(20)21)19-17(22)18-10-16(23-2)24-3/h5-8,12,16H,4,9-11H2,1-3H3,(H2,18,19,22)/t12-/m1/s1. The van der Waals surface area contributed by atoms with Gasteiger partial charge in [-0.1, -0.05) is 0 Å². The minimum atomic E-state index is -0.503. The fourth-order valence-electron chi connectivity index (χ4n) is 2.62. The van der Waals surface area contributed by atoms with E-state index in [-0.39, 0.29) is 30.9 Å². The molecule has 1 atom stereocenters. The fraction of sp³-hybridized carbons (Fsp3) is 0.529. The van der Waals surface area contributed by atoms with Gasteiger partial charge < -0.3 is 29.7 Å². The smallest absolute Gasteiger partial charge is 0.315 e. The molecule has 3 amide bonds. The molecule has 8 heteroatoms. The van der Waals surface area contributed by atoms with Crippen molar-refractivity contribution in [1.29, 1.82) is 0 Å². The third kappa shape index (κ3) is 5.33. The Hall–Kier alpha value is -2.32. The van der Waals surface area contributed by atoms with Crippen LogP contribution in [0.1, 0.15) is 13.3 Å². The maximum absolute atomic E-state index is 12.2. The first-order valence-corrected chi connectivity index (χ1v) is 8.20. The highest BCUT2D eigenvalue weighted by atomic mass is 16.7. The van der Waals surface area contributed by atoms with Gasteiger partial charge in [0.25, 0.3) is 0 Å². The summed E-state index contributed by atoms with van der Waals surface area (Å²) in [6.07, 6.45) is -0.241. The zero-order chi connectivity index (χ0) is 18.2. The number of anilines is 1. The number of carbonyl (C=O) groups is 2. The van der Waals surface area contributed by atoms with E-state index in [1.165, 1.54) is 14.2 Å². The van der Waals surface area contributed by atoms with E-state index >= 15 is 0 Å². The Balaban J connectivity index is 1.86. The predicted molar refractivity (Wildman–Crippen MR) is 92.7 cm³/mol. The number of methoxy groups -OCH3 is 2. The van der Waals surface area contributed by atoms with E-state index in [0.717, 1.165) is 11.4 Å². The molecule has 1 aromatic rings. The maximum atomic E-state index is 12.2. The second-order valence-electron chi connectivity index (χ2n) is 5.59. The molecule has 2 N–H and O–H groups in total. The number of ether oxygens (including phenoxy) is 3. The van der Waals surface area contributed by atoms with Gasteiger partial charge in [-0.25, -0.2) is 4.79 Å². The molecule has 0 saturated carbocycles. The van der Waals surface area contributed by atoms with E-state index in [1.807, 2.05) is 31.2 Å². The number of nitrogens with zero attached hydrogens (tertiary/aromatic N) is 1. The van der Waals surface area contributed by atoms with Crippen LogP contribution >= 0.6 is 0 Å². The Morgan fingerprint density at radius 3 is 2.56 bits per heavy atom. The average Bonchev–Trinajstić information content (AvgIpc) is 2.97. The average molecular weight is 351 g/mol. The van der Waals surface area contributed by atoms with Gasteiger partial charge in [-0.3, -0.25) is 4.79 Å². The number of rotatable bonds is 8. The van der Waals surface area contributed by atoms with Crippen molar-refractivity contribution in [3.8, 4) is 5.75 Å². The van der Waals surface area contributed by atoms with E-state index < -0.39 is 6.29 Å². The molecular formula is C17H25N3O5. The van der Waals surface area contributed by atoms with Gasteiger partial charge in [-0.15, -0.1) is 0 Å². The number of amides is 3.